The third-order valence-corrected chi connectivity index (χ3v) is 4.27. The second kappa shape index (κ2) is 9.65. The molecule has 1 aromatic rings. The molecule has 0 aromatic heterocycles. The summed E-state index contributed by atoms with van der Waals surface area (Å²) in [6, 6.07) is 6.18. The number of carbonyl (C=O) groups excluding carboxylic acids is 3. The summed E-state index contributed by atoms with van der Waals surface area (Å²) >= 11 is 0. The number of alkyl carbamates (subject to hydrolysis) is 1. The quantitative estimate of drug-likeness (QED) is 0.679. The van der Waals surface area contributed by atoms with Gasteiger partial charge in [0.1, 0.15) is 11.4 Å². The van der Waals surface area contributed by atoms with E-state index in [1.54, 1.807) is 45.0 Å². The average molecular weight is 406 g/mol. The Morgan fingerprint density at radius 3 is 2.69 bits per heavy atom. The lowest BCUT2D eigenvalue weighted by Gasteiger charge is -2.26. The highest BCUT2D eigenvalue weighted by atomic mass is 19.1. The Bertz CT molecular complexity index is 801. The maximum Gasteiger partial charge on any atom is 0.407 e. The van der Waals surface area contributed by atoms with E-state index in [2.05, 4.69) is 5.32 Å². The van der Waals surface area contributed by atoms with E-state index < -0.39 is 41.9 Å². The number of carbonyl (C=O) groups is 3. The van der Waals surface area contributed by atoms with E-state index in [0.29, 0.717) is 11.1 Å². The van der Waals surface area contributed by atoms with E-state index in [9.17, 15) is 23.9 Å². The van der Waals surface area contributed by atoms with Crippen LogP contribution in [0.15, 0.2) is 36.2 Å². The van der Waals surface area contributed by atoms with Crippen molar-refractivity contribution in [3.8, 4) is 0 Å². The van der Waals surface area contributed by atoms with Crippen molar-refractivity contribution in [2.24, 2.45) is 0 Å². The number of allylic oxidation sites excluding steroid dienone is 1. The summed E-state index contributed by atoms with van der Waals surface area (Å²) in [5, 5.41) is 11.9. The number of rotatable bonds is 7. The summed E-state index contributed by atoms with van der Waals surface area (Å²) in [5.41, 5.74) is 0.381. The molecule has 8 heteroatoms. The lowest BCUT2D eigenvalue weighted by atomic mass is 9.98. The molecule has 1 atom stereocenters. The molecule has 1 heterocycles. The first-order valence-electron chi connectivity index (χ1n) is 9.48. The molecular weight excluding hydrogens is 379 g/mol. The van der Waals surface area contributed by atoms with Gasteiger partial charge in [0, 0.05) is 5.56 Å². The minimum Gasteiger partial charge on any atom is -0.444 e. The second-order valence-corrected chi connectivity index (χ2v) is 7.87. The van der Waals surface area contributed by atoms with Crippen LogP contribution in [0, 0.1) is 0 Å². The molecule has 0 radical (unpaired) electrons. The Labute approximate surface area is 169 Å². The molecule has 7 nitrogen and oxygen atoms in total. The van der Waals surface area contributed by atoms with Crippen molar-refractivity contribution >= 4 is 17.9 Å². The molecule has 1 unspecified atom stereocenters. The number of fused-ring (bicyclic) bond motifs is 1. The van der Waals surface area contributed by atoms with Gasteiger partial charge in [0.15, 0.2) is 0 Å². The number of halogens is 1. The number of hydrogen-bond acceptors (Lipinski definition) is 5. The number of nitrogens with one attached hydrogen (secondary N) is 1. The van der Waals surface area contributed by atoms with Crippen molar-refractivity contribution in [3.05, 3.63) is 47.3 Å². The molecular formula is C21H27FN2O5. The maximum atomic E-state index is 14.3. The zero-order valence-electron chi connectivity index (χ0n) is 16.9. The summed E-state index contributed by atoms with van der Waals surface area (Å²) in [6.45, 7) is 4.41. The Morgan fingerprint density at radius 2 is 2.03 bits per heavy atom. The highest BCUT2D eigenvalue weighted by Gasteiger charge is 2.31. The molecule has 3 amide bonds. The summed E-state index contributed by atoms with van der Waals surface area (Å²) in [5.74, 6) is -1.59. The van der Waals surface area contributed by atoms with Crippen LogP contribution in [0.3, 0.4) is 0 Å². The van der Waals surface area contributed by atoms with Crippen LogP contribution in [0.25, 0.3) is 0 Å². The molecule has 2 N–H and O–H groups in total. The smallest absolute Gasteiger partial charge is 0.407 e. The van der Waals surface area contributed by atoms with E-state index in [0.717, 1.165) is 4.90 Å². The summed E-state index contributed by atoms with van der Waals surface area (Å²) in [6.07, 6.45) is 1.12. The highest BCUT2D eigenvalue weighted by Crippen LogP contribution is 2.21. The average Bonchev–Trinajstić information content (AvgIpc) is 2.62. The fraction of sp³-hybridized carbons (Fsp3) is 0.476. The molecule has 0 fully saturated rings. The van der Waals surface area contributed by atoms with Crippen LogP contribution >= 0.6 is 0 Å². The number of benzene rings is 1. The number of aliphatic hydroxyl groups excluding tert-OH is 1. The van der Waals surface area contributed by atoms with E-state index in [1.165, 1.54) is 6.08 Å². The van der Waals surface area contributed by atoms with E-state index >= 15 is 0 Å². The van der Waals surface area contributed by atoms with Crippen LogP contribution in [0.1, 0.15) is 49.5 Å². The van der Waals surface area contributed by atoms with Crippen molar-refractivity contribution in [1.29, 1.82) is 0 Å². The van der Waals surface area contributed by atoms with E-state index in [4.69, 9.17) is 4.74 Å². The lowest BCUT2D eigenvalue weighted by Crippen LogP contribution is -2.43. The van der Waals surface area contributed by atoms with Crippen LogP contribution in [0.5, 0.6) is 0 Å². The molecule has 0 spiro atoms. The second-order valence-electron chi connectivity index (χ2n) is 7.87. The van der Waals surface area contributed by atoms with Gasteiger partial charge < -0.3 is 15.2 Å². The zero-order valence-corrected chi connectivity index (χ0v) is 16.9. The first-order chi connectivity index (χ1) is 13.6. The van der Waals surface area contributed by atoms with Crippen LogP contribution in [0.2, 0.25) is 0 Å². The zero-order chi connectivity index (χ0) is 21.6. The Morgan fingerprint density at radius 1 is 1.34 bits per heavy atom. The number of hydrogen-bond donors (Lipinski definition) is 2. The van der Waals surface area contributed by atoms with Crippen molar-refractivity contribution in [1.82, 2.24) is 10.2 Å². The topological polar surface area (TPSA) is 95.9 Å². The van der Waals surface area contributed by atoms with Gasteiger partial charge in [0.2, 0.25) is 5.91 Å². The molecule has 0 saturated carbocycles. The monoisotopic (exact) mass is 406 g/mol. The minimum absolute atomic E-state index is 0.0571. The number of nitrogens with zero attached hydrogens (tertiary/aromatic N) is 1. The fourth-order valence-electron chi connectivity index (χ4n) is 2.90. The van der Waals surface area contributed by atoms with Crippen LogP contribution in [0.4, 0.5) is 9.18 Å². The third-order valence-electron chi connectivity index (χ3n) is 4.27. The number of ether oxygens (including phenoxy) is 1. The van der Waals surface area contributed by atoms with Gasteiger partial charge in [-0.1, -0.05) is 24.3 Å². The third kappa shape index (κ3) is 6.67. The molecule has 0 aliphatic carbocycles. The predicted octanol–water partition coefficient (Wildman–Crippen LogP) is 2.73. The lowest BCUT2D eigenvalue weighted by molar-refractivity contribution is -0.128. The maximum absolute atomic E-state index is 14.3. The molecule has 0 bridgehead atoms. The largest absolute Gasteiger partial charge is 0.444 e. The molecule has 1 aliphatic heterocycles. The van der Waals surface area contributed by atoms with Crippen molar-refractivity contribution in [2.45, 2.75) is 51.7 Å². The van der Waals surface area contributed by atoms with E-state index in [-0.39, 0.29) is 25.9 Å². The number of aliphatic hydroxyl groups is 1. The van der Waals surface area contributed by atoms with Gasteiger partial charge >= 0.3 is 6.09 Å². The summed E-state index contributed by atoms with van der Waals surface area (Å²) in [4.78, 5) is 37.3. The Kier molecular flexibility index (Phi) is 7.50. The normalized spacial score (nSPS) is 15.8. The van der Waals surface area contributed by atoms with Crippen molar-refractivity contribution in [2.75, 3.05) is 13.2 Å². The van der Waals surface area contributed by atoms with Gasteiger partial charge in [-0.15, -0.1) is 0 Å². The minimum atomic E-state index is -0.664. The molecule has 1 aromatic carbocycles. The van der Waals surface area contributed by atoms with Crippen LogP contribution < -0.4 is 5.32 Å². The van der Waals surface area contributed by atoms with Crippen molar-refractivity contribution in [3.63, 3.8) is 0 Å². The Hall–Kier alpha value is -2.74. The summed E-state index contributed by atoms with van der Waals surface area (Å²) in [7, 11) is 0. The van der Waals surface area contributed by atoms with Gasteiger partial charge in [-0.3, -0.25) is 14.5 Å². The number of amides is 3. The Balaban J connectivity index is 1.89. The molecule has 29 heavy (non-hydrogen) atoms. The fourth-order valence-corrected chi connectivity index (χ4v) is 2.90. The van der Waals surface area contributed by atoms with Gasteiger partial charge in [-0.25, -0.2) is 9.18 Å². The summed E-state index contributed by atoms with van der Waals surface area (Å²) < 4.78 is 19.4. The first kappa shape index (κ1) is 22.5. The molecule has 0 saturated heterocycles. The SMILES string of the molecule is CC(C)(C)OC(=O)NC(CO)CC/C=C(\F)CN1C(=O)Cc2ccccc2C1=O. The van der Waals surface area contributed by atoms with E-state index in [1.807, 2.05) is 0 Å². The predicted molar refractivity (Wildman–Crippen MR) is 105 cm³/mol. The van der Waals surface area contributed by atoms with Gasteiger partial charge in [0.25, 0.3) is 5.91 Å². The highest BCUT2D eigenvalue weighted by molar-refractivity contribution is 6.09. The molecule has 158 valence electrons. The standard InChI is InChI=1S/C21H27FN2O5/c1-21(2,3)29-20(28)23-16(13-25)9-6-8-15(22)12-24-18(26)11-14-7-4-5-10-17(14)19(24)27/h4-5,7-8,10,16,25H,6,9,11-13H2,1-3H3,(H,23,28)/b15-8-. The van der Waals surface area contributed by atoms with Gasteiger partial charge in [-0.05, 0) is 45.2 Å². The molecule has 1 aliphatic rings. The number of imide groups is 1. The first-order valence-corrected chi connectivity index (χ1v) is 9.48. The molecule has 2 rings (SSSR count). The van der Waals surface area contributed by atoms with Gasteiger partial charge in [0.05, 0.1) is 25.6 Å². The van der Waals surface area contributed by atoms with Crippen LogP contribution in [-0.2, 0) is 16.0 Å². The van der Waals surface area contributed by atoms with Crippen molar-refractivity contribution < 1.29 is 28.6 Å². The van der Waals surface area contributed by atoms with Crippen LogP contribution in [-0.4, -0.2) is 52.7 Å². The van der Waals surface area contributed by atoms with Gasteiger partial charge in [-0.2, -0.15) is 0 Å².